The summed E-state index contributed by atoms with van der Waals surface area (Å²) in [6.45, 7) is 5.51. The first kappa shape index (κ1) is 12.0. The molecule has 0 radical (unpaired) electrons. The Morgan fingerprint density at radius 2 is 2.07 bits per heavy atom. The third-order valence-electron chi connectivity index (χ3n) is 2.85. The molecule has 3 heteroatoms. The van der Waals surface area contributed by atoms with Crippen molar-refractivity contribution in [2.45, 2.75) is 45.3 Å². The summed E-state index contributed by atoms with van der Waals surface area (Å²) in [5.41, 5.74) is 0. The van der Waals surface area contributed by atoms with E-state index in [1.54, 1.807) is 7.11 Å². The van der Waals surface area contributed by atoms with Crippen LogP contribution in [0.15, 0.2) is 0 Å². The van der Waals surface area contributed by atoms with Gasteiger partial charge in [-0.15, -0.1) is 0 Å². The molecule has 1 aliphatic heterocycles. The van der Waals surface area contributed by atoms with E-state index in [9.17, 15) is 0 Å². The first-order valence-corrected chi connectivity index (χ1v) is 5.53. The minimum absolute atomic E-state index is 0.386. The van der Waals surface area contributed by atoms with Gasteiger partial charge in [-0.25, -0.2) is 0 Å². The number of methoxy groups -OCH3 is 1. The summed E-state index contributed by atoms with van der Waals surface area (Å²) in [6.07, 6.45) is 4.15. The van der Waals surface area contributed by atoms with Crippen LogP contribution in [0.4, 0.5) is 0 Å². The minimum atomic E-state index is 0.386. The van der Waals surface area contributed by atoms with Crippen LogP contribution < -0.4 is 0 Å². The fourth-order valence-electron chi connectivity index (χ4n) is 2.05. The molecule has 84 valence electrons. The van der Waals surface area contributed by atoms with Crippen LogP contribution in [0.2, 0.25) is 0 Å². The first-order valence-electron chi connectivity index (χ1n) is 5.53. The van der Waals surface area contributed by atoms with Crippen molar-refractivity contribution in [2.75, 3.05) is 20.5 Å². The molecule has 3 atom stereocenters. The molecule has 0 spiro atoms. The van der Waals surface area contributed by atoms with E-state index in [0.29, 0.717) is 24.9 Å². The maximum absolute atomic E-state index is 5.88. The highest BCUT2D eigenvalue weighted by Gasteiger charge is 2.32. The van der Waals surface area contributed by atoms with Gasteiger partial charge in [0, 0.05) is 13.0 Å². The molecule has 0 N–H and O–H groups in total. The second kappa shape index (κ2) is 6.38. The maximum atomic E-state index is 5.88. The first-order chi connectivity index (χ1) is 6.81. The van der Waals surface area contributed by atoms with Crippen LogP contribution in [0.5, 0.6) is 0 Å². The Kier molecular flexibility index (Phi) is 5.45. The third kappa shape index (κ3) is 3.23. The lowest BCUT2D eigenvalue weighted by atomic mass is 9.98. The van der Waals surface area contributed by atoms with Crippen LogP contribution in [-0.4, -0.2) is 32.7 Å². The second-order valence-electron chi connectivity index (χ2n) is 3.89. The zero-order valence-corrected chi connectivity index (χ0v) is 9.49. The van der Waals surface area contributed by atoms with Crippen molar-refractivity contribution in [3.8, 4) is 0 Å². The molecule has 0 aliphatic carbocycles. The molecule has 3 nitrogen and oxygen atoms in total. The molecule has 1 saturated heterocycles. The summed E-state index contributed by atoms with van der Waals surface area (Å²) in [5, 5.41) is 0. The van der Waals surface area contributed by atoms with Crippen LogP contribution in [-0.2, 0) is 14.2 Å². The van der Waals surface area contributed by atoms with E-state index in [4.69, 9.17) is 14.2 Å². The maximum Gasteiger partial charge on any atom is 0.146 e. The number of ether oxygens (including phenoxy) is 3. The average Bonchev–Trinajstić information content (AvgIpc) is 2.61. The van der Waals surface area contributed by atoms with Gasteiger partial charge in [0.05, 0.1) is 18.8 Å². The molecule has 1 fully saturated rings. The van der Waals surface area contributed by atoms with Gasteiger partial charge in [0.2, 0.25) is 0 Å². The number of hydrogen-bond acceptors (Lipinski definition) is 3. The van der Waals surface area contributed by atoms with Crippen LogP contribution in [0.25, 0.3) is 0 Å². The monoisotopic (exact) mass is 202 g/mol. The summed E-state index contributed by atoms with van der Waals surface area (Å²) >= 11 is 0. The van der Waals surface area contributed by atoms with E-state index < -0.39 is 0 Å². The highest BCUT2D eigenvalue weighted by molar-refractivity contribution is 4.80. The lowest BCUT2D eigenvalue weighted by Crippen LogP contribution is -2.20. The molecule has 0 saturated carbocycles. The Morgan fingerprint density at radius 1 is 1.29 bits per heavy atom. The largest absolute Gasteiger partial charge is 0.375 e. The van der Waals surface area contributed by atoms with Gasteiger partial charge >= 0.3 is 0 Å². The normalized spacial score (nSPS) is 32.4. The SMILES string of the molecule is CCC1CC(COCOC)C(CC)O1. The predicted molar refractivity (Wildman–Crippen MR) is 55.2 cm³/mol. The van der Waals surface area contributed by atoms with Crippen molar-refractivity contribution in [1.82, 2.24) is 0 Å². The van der Waals surface area contributed by atoms with E-state index in [1.165, 1.54) is 0 Å². The minimum Gasteiger partial charge on any atom is -0.375 e. The van der Waals surface area contributed by atoms with Crippen LogP contribution in [0.1, 0.15) is 33.1 Å². The standard InChI is InChI=1S/C11H22O3/c1-4-10-6-9(7-13-8-12-3)11(5-2)14-10/h9-11H,4-8H2,1-3H3. The Balaban J connectivity index is 2.27. The number of rotatable bonds is 6. The summed E-state index contributed by atoms with van der Waals surface area (Å²) < 4.78 is 16.1. The van der Waals surface area contributed by atoms with Crippen LogP contribution in [0.3, 0.4) is 0 Å². The van der Waals surface area contributed by atoms with Gasteiger partial charge < -0.3 is 14.2 Å². The topological polar surface area (TPSA) is 27.7 Å². The van der Waals surface area contributed by atoms with E-state index in [0.717, 1.165) is 25.9 Å². The molecule has 0 aromatic carbocycles. The summed E-state index contributed by atoms with van der Waals surface area (Å²) in [4.78, 5) is 0. The molecule has 0 aromatic heterocycles. The zero-order valence-electron chi connectivity index (χ0n) is 9.49. The van der Waals surface area contributed by atoms with E-state index in [2.05, 4.69) is 13.8 Å². The van der Waals surface area contributed by atoms with Gasteiger partial charge in [0.15, 0.2) is 0 Å². The molecule has 0 aromatic rings. The van der Waals surface area contributed by atoms with E-state index in [1.807, 2.05) is 0 Å². The summed E-state index contributed by atoms with van der Waals surface area (Å²) in [7, 11) is 1.65. The summed E-state index contributed by atoms with van der Waals surface area (Å²) in [6, 6.07) is 0. The van der Waals surface area contributed by atoms with Gasteiger partial charge in [0.1, 0.15) is 6.79 Å². The Morgan fingerprint density at radius 3 is 2.64 bits per heavy atom. The average molecular weight is 202 g/mol. The Labute approximate surface area is 86.7 Å². The molecule has 0 amide bonds. The molecule has 1 aliphatic rings. The van der Waals surface area contributed by atoms with Gasteiger partial charge in [-0.05, 0) is 19.3 Å². The smallest absolute Gasteiger partial charge is 0.146 e. The highest BCUT2D eigenvalue weighted by atomic mass is 16.7. The van der Waals surface area contributed by atoms with Crippen molar-refractivity contribution >= 4 is 0 Å². The second-order valence-corrected chi connectivity index (χ2v) is 3.89. The van der Waals surface area contributed by atoms with Gasteiger partial charge in [0.25, 0.3) is 0 Å². The van der Waals surface area contributed by atoms with Gasteiger partial charge in [-0.2, -0.15) is 0 Å². The highest BCUT2D eigenvalue weighted by Crippen LogP contribution is 2.30. The van der Waals surface area contributed by atoms with Crippen molar-refractivity contribution < 1.29 is 14.2 Å². The summed E-state index contributed by atoms with van der Waals surface area (Å²) in [5.74, 6) is 0.556. The van der Waals surface area contributed by atoms with Gasteiger partial charge in [-0.1, -0.05) is 13.8 Å². The van der Waals surface area contributed by atoms with E-state index in [-0.39, 0.29) is 0 Å². The molecule has 14 heavy (non-hydrogen) atoms. The third-order valence-corrected chi connectivity index (χ3v) is 2.85. The van der Waals surface area contributed by atoms with Crippen molar-refractivity contribution in [2.24, 2.45) is 5.92 Å². The quantitative estimate of drug-likeness (QED) is 0.488. The molecule has 1 heterocycles. The molecular weight excluding hydrogens is 180 g/mol. The molecular formula is C11H22O3. The predicted octanol–water partition coefficient (Wildman–Crippen LogP) is 2.20. The van der Waals surface area contributed by atoms with Crippen molar-refractivity contribution in [3.63, 3.8) is 0 Å². The molecule has 3 unspecified atom stereocenters. The van der Waals surface area contributed by atoms with Crippen LogP contribution >= 0.6 is 0 Å². The molecule has 1 rings (SSSR count). The molecule has 0 bridgehead atoms. The van der Waals surface area contributed by atoms with E-state index >= 15 is 0 Å². The fourth-order valence-corrected chi connectivity index (χ4v) is 2.05. The van der Waals surface area contributed by atoms with Crippen molar-refractivity contribution in [1.29, 1.82) is 0 Å². The lowest BCUT2D eigenvalue weighted by Gasteiger charge is -2.16. The lowest BCUT2D eigenvalue weighted by molar-refractivity contribution is -0.0543. The fraction of sp³-hybridized carbons (Fsp3) is 1.00. The Hall–Kier alpha value is -0.120. The van der Waals surface area contributed by atoms with Crippen LogP contribution in [0, 0.1) is 5.92 Å². The number of hydrogen-bond donors (Lipinski definition) is 0. The zero-order chi connectivity index (χ0) is 10.4. The Bertz CT molecular complexity index is 149. The van der Waals surface area contributed by atoms with Gasteiger partial charge in [-0.3, -0.25) is 0 Å². The van der Waals surface area contributed by atoms with Crippen molar-refractivity contribution in [3.05, 3.63) is 0 Å².